The van der Waals surface area contributed by atoms with Crippen LogP contribution in [0, 0.1) is 11.3 Å². The highest BCUT2D eigenvalue weighted by Crippen LogP contribution is 2.41. The van der Waals surface area contributed by atoms with Gasteiger partial charge in [0.2, 0.25) is 0 Å². The van der Waals surface area contributed by atoms with Gasteiger partial charge in [-0.1, -0.05) is 13.8 Å². The first-order valence-electron chi connectivity index (χ1n) is 7.48. The molecule has 3 heterocycles. The zero-order chi connectivity index (χ0) is 14.2. The highest BCUT2D eigenvalue weighted by Gasteiger charge is 2.46. The number of carbonyl (C=O) groups is 1. The molecular weight excluding hydrogens is 270 g/mol. The lowest BCUT2D eigenvalue weighted by Crippen LogP contribution is -2.62. The van der Waals surface area contributed by atoms with E-state index in [1.54, 1.807) is 5.51 Å². The summed E-state index contributed by atoms with van der Waals surface area (Å²) in [6.07, 6.45) is 2.47. The summed E-state index contributed by atoms with van der Waals surface area (Å²) in [4.78, 5) is 20.8. The van der Waals surface area contributed by atoms with Crippen LogP contribution in [-0.4, -0.2) is 53.4 Å². The molecule has 20 heavy (non-hydrogen) atoms. The summed E-state index contributed by atoms with van der Waals surface area (Å²) in [6.45, 7) is 10.0. The van der Waals surface area contributed by atoms with E-state index in [1.807, 2.05) is 10.3 Å². The Labute approximate surface area is 124 Å². The number of likely N-dealkylation sites (tertiary alicyclic amines) is 2. The predicted octanol–water partition coefficient (Wildman–Crippen LogP) is 2.34. The Morgan fingerprint density at radius 3 is 2.65 bits per heavy atom. The number of thiazole rings is 1. The largest absolute Gasteiger partial charge is 0.336 e. The van der Waals surface area contributed by atoms with Gasteiger partial charge in [0, 0.05) is 30.4 Å². The van der Waals surface area contributed by atoms with Crippen LogP contribution >= 0.6 is 11.3 Å². The van der Waals surface area contributed by atoms with Gasteiger partial charge in [0.05, 0.1) is 5.51 Å². The van der Waals surface area contributed by atoms with Crippen LogP contribution in [0.15, 0.2) is 10.9 Å². The summed E-state index contributed by atoms with van der Waals surface area (Å²) in [7, 11) is 0. The lowest BCUT2D eigenvalue weighted by molar-refractivity contribution is -0.0339. The van der Waals surface area contributed by atoms with Crippen molar-refractivity contribution in [2.24, 2.45) is 11.3 Å². The van der Waals surface area contributed by atoms with Crippen molar-refractivity contribution >= 4 is 17.2 Å². The molecule has 2 aliphatic heterocycles. The molecule has 2 aliphatic rings. The molecule has 1 aromatic rings. The zero-order valence-corrected chi connectivity index (χ0v) is 13.2. The molecule has 1 spiro atoms. The number of rotatable bonds is 3. The van der Waals surface area contributed by atoms with E-state index < -0.39 is 0 Å². The van der Waals surface area contributed by atoms with Crippen molar-refractivity contribution in [2.45, 2.75) is 26.7 Å². The van der Waals surface area contributed by atoms with Crippen molar-refractivity contribution in [1.82, 2.24) is 14.8 Å². The number of piperidine rings is 1. The molecule has 0 N–H and O–H groups in total. The summed E-state index contributed by atoms with van der Waals surface area (Å²) >= 11 is 1.49. The Hall–Kier alpha value is -0.940. The molecule has 1 aromatic heterocycles. The van der Waals surface area contributed by atoms with Crippen molar-refractivity contribution in [3.63, 3.8) is 0 Å². The van der Waals surface area contributed by atoms with Gasteiger partial charge in [-0.25, -0.2) is 4.98 Å². The first-order valence-corrected chi connectivity index (χ1v) is 8.42. The minimum atomic E-state index is 0.112. The average molecular weight is 293 g/mol. The maximum Gasteiger partial charge on any atom is 0.273 e. The van der Waals surface area contributed by atoms with Crippen LogP contribution in [0.3, 0.4) is 0 Å². The van der Waals surface area contributed by atoms with Crippen molar-refractivity contribution in [2.75, 3.05) is 32.7 Å². The third kappa shape index (κ3) is 2.74. The van der Waals surface area contributed by atoms with Gasteiger partial charge in [-0.15, -0.1) is 11.3 Å². The number of carbonyl (C=O) groups excluding carboxylic acids is 1. The Bertz CT molecular complexity index is 455. The van der Waals surface area contributed by atoms with Crippen LogP contribution < -0.4 is 0 Å². The molecule has 2 saturated heterocycles. The maximum atomic E-state index is 12.2. The molecule has 0 saturated carbocycles. The Morgan fingerprint density at radius 1 is 1.40 bits per heavy atom. The molecule has 0 atom stereocenters. The van der Waals surface area contributed by atoms with Gasteiger partial charge < -0.3 is 9.80 Å². The Morgan fingerprint density at radius 2 is 2.10 bits per heavy atom. The van der Waals surface area contributed by atoms with E-state index in [1.165, 1.54) is 43.8 Å². The first kappa shape index (κ1) is 14.0. The molecule has 110 valence electrons. The van der Waals surface area contributed by atoms with Gasteiger partial charge in [-0.3, -0.25) is 4.79 Å². The van der Waals surface area contributed by atoms with Crippen LogP contribution in [-0.2, 0) is 0 Å². The van der Waals surface area contributed by atoms with Gasteiger partial charge in [0.25, 0.3) is 5.91 Å². The highest BCUT2D eigenvalue weighted by atomic mass is 32.1. The van der Waals surface area contributed by atoms with E-state index >= 15 is 0 Å². The summed E-state index contributed by atoms with van der Waals surface area (Å²) in [5, 5.41) is 1.85. The molecule has 0 bridgehead atoms. The first-order chi connectivity index (χ1) is 9.58. The van der Waals surface area contributed by atoms with Gasteiger partial charge in [0.1, 0.15) is 5.69 Å². The maximum absolute atomic E-state index is 12.2. The van der Waals surface area contributed by atoms with Crippen LogP contribution in [0.2, 0.25) is 0 Å². The molecule has 0 radical (unpaired) electrons. The SMILES string of the molecule is CC(C)CN1CCC2(CC1)CN(C(=O)c1cscn1)C2. The van der Waals surface area contributed by atoms with Crippen LogP contribution in [0.4, 0.5) is 0 Å². The number of amides is 1. The summed E-state index contributed by atoms with van der Waals surface area (Å²) in [5.41, 5.74) is 2.74. The number of aromatic nitrogens is 1. The molecule has 5 heteroatoms. The van der Waals surface area contributed by atoms with Crippen molar-refractivity contribution in [3.8, 4) is 0 Å². The standard InChI is InChI=1S/C15H23N3OS/c1-12(2)7-17-5-3-15(4-6-17)9-18(10-15)14(19)13-8-20-11-16-13/h8,11-12H,3-7,9-10H2,1-2H3. The van der Waals surface area contributed by atoms with E-state index in [-0.39, 0.29) is 5.91 Å². The third-order valence-electron chi connectivity index (χ3n) is 4.53. The smallest absolute Gasteiger partial charge is 0.273 e. The molecular formula is C15H23N3OS. The van der Waals surface area contributed by atoms with Crippen molar-refractivity contribution in [1.29, 1.82) is 0 Å². The van der Waals surface area contributed by atoms with Crippen molar-refractivity contribution < 1.29 is 4.79 Å². The molecule has 4 nitrogen and oxygen atoms in total. The Kier molecular flexibility index (Phi) is 3.82. The fourth-order valence-corrected chi connectivity index (χ4v) is 3.96. The van der Waals surface area contributed by atoms with Crippen LogP contribution in [0.25, 0.3) is 0 Å². The summed E-state index contributed by atoms with van der Waals surface area (Å²) < 4.78 is 0. The van der Waals surface area contributed by atoms with Gasteiger partial charge in [0.15, 0.2) is 0 Å². The minimum absolute atomic E-state index is 0.112. The number of hydrogen-bond acceptors (Lipinski definition) is 4. The van der Waals surface area contributed by atoms with Gasteiger partial charge in [-0.05, 0) is 31.8 Å². The average Bonchev–Trinajstić information content (AvgIpc) is 2.89. The predicted molar refractivity (Wildman–Crippen MR) is 81.0 cm³/mol. The molecule has 1 amide bonds. The Balaban J connectivity index is 1.50. The summed E-state index contributed by atoms with van der Waals surface area (Å²) in [5.74, 6) is 0.856. The number of hydrogen-bond donors (Lipinski definition) is 0. The van der Waals surface area contributed by atoms with E-state index in [0.717, 1.165) is 19.0 Å². The molecule has 0 unspecified atom stereocenters. The van der Waals surface area contributed by atoms with E-state index in [4.69, 9.17) is 0 Å². The van der Waals surface area contributed by atoms with Crippen LogP contribution in [0.1, 0.15) is 37.2 Å². The lowest BCUT2D eigenvalue weighted by atomic mass is 9.72. The topological polar surface area (TPSA) is 36.4 Å². The normalized spacial score (nSPS) is 22.2. The monoisotopic (exact) mass is 293 g/mol. The number of nitrogens with zero attached hydrogens (tertiary/aromatic N) is 3. The van der Waals surface area contributed by atoms with Crippen molar-refractivity contribution in [3.05, 3.63) is 16.6 Å². The molecule has 0 aromatic carbocycles. The highest BCUT2D eigenvalue weighted by molar-refractivity contribution is 7.07. The second kappa shape index (κ2) is 5.45. The van der Waals surface area contributed by atoms with Gasteiger partial charge in [-0.2, -0.15) is 0 Å². The molecule has 2 fully saturated rings. The van der Waals surface area contributed by atoms with E-state index in [2.05, 4.69) is 23.7 Å². The minimum Gasteiger partial charge on any atom is -0.336 e. The zero-order valence-electron chi connectivity index (χ0n) is 12.3. The summed E-state index contributed by atoms with van der Waals surface area (Å²) in [6, 6.07) is 0. The van der Waals surface area contributed by atoms with E-state index in [0.29, 0.717) is 11.1 Å². The second-order valence-corrected chi connectivity index (χ2v) is 7.45. The fourth-order valence-electron chi connectivity index (χ4n) is 3.43. The quantitative estimate of drug-likeness (QED) is 0.858. The van der Waals surface area contributed by atoms with Gasteiger partial charge >= 0.3 is 0 Å². The third-order valence-corrected chi connectivity index (χ3v) is 5.12. The van der Waals surface area contributed by atoms with E-state index in [9.17, 15) is 4.79 Å². The molecule has 3 rings (SSSR count). The fraction of sp³-hybridized carbons (Fsp3) is 0.733. The molecule has 0 aliphatic carbocycles. The van der Waals surface area contributed by atoms with Crippen LogP contribution in [0.5, 0.6) is 0 Å². The second-order valence-electron chi connectivity index (χ2n) is 6.73. The lowest BCUT2D eigenvalue weighted by Gasteiger charge is -2.54.